The molecular formula is C20H18N4O4. The van der Waals surface area contributed by atoms with E-state index in [0.717, 1.165) is 5.52 Å². The van der Waals surface area contributed by atoms with Gasteiger partial charge in [0.05, 0.1) is 29.6 Å². The SMILES string of the molecule is CCOC(=O)c1ccc(NC(=O)[C@H]2CC(=O)Nc3nc4ccccc4n32)cc1. The van der Waals surface area contributed by atoms with Gasteiger partial charge in [0.2, 0.25) is 17.8 Å². The summed E-state index contributed by atoms with van der Waals surface area (Å²) in [7, 11) is 0. The van der Waals surface area contributed by atoms with Gasteiger partial charge in [0.15, 0.2) is 0 Å². The minimum Gasteiger partial charge on any atom is -0.462 e. The average Bonchev–Trinajstić information content (AvgIpc) is 3.06. The van der Waals surface area contributed by atoms with Crippen molar-refractivity contribution in [2.75, 3.05) is 17.2 Å². The highest BCUT2D eigenvalue weighted by Gasteiger charge is 2.32. The van der Waals surface area contributed by atoms with Crippen LogP contribution in [0.15, 0.2) is 48.5 Å². The molecule has 8 heteroatoms. The van der Waals surface area contributed by atoms with E-state index >= 15 is 0 Å². The zero-order valence-corrected chi connectivity index (χ0v) is 15.1. The van der Waals surface area contributed by atoms with Crippen LogP contribution in [0.3, 0.4) is 0 Å². The van der Waals surface area contributed by atoms with E-state index in [2.05, 4.69) is 15.6 Å². The lowest BCUT2D eigenvalue weighted by atomic mass is 10.1. The molecular weight excluding hydrogens is 360 g/mol. The molecule has 3 aromatic rings. The summed E-state index contributed by atoms with van der Waals surface area (Å²) in [6.07, 6.45) is 0.0140. The van der Waals surface area contributed by atoms with Gasteiger partial charge in [-0.15, -0.1) is 0 Å². The molecule has 1 atom stereocenters. The van der Waals surface area contributed by atoms with Gasteiger partial charge in [0.1, 0.15) is 6.04 Å². The van der Waals surface area contributed by atoms with Gasteiger partial charge in [-0.2, -0.15) is 0 Å². The van der Waals surface area contributed by atoms with Gasteiger partial charge in [0.25, 0.3) is 0 Å². The van der Waals surface area contributed by atoms with Crippen LogP contribution in [0.1, 0.15) is 29.7 Å². The number of ether oxygens (including phenoxy) is 1. The van der Waals surface area contributed by atoms with Crippen molar-refractivity contribution in [3.8, 4) is 0 Å². The van der Waals surface area contributed by atoms with Crippen LogP contribution in [-0.2, 0) is 14.3 Å². The lowest BCUT2D eigenvalue weighted by molar-refractivity contribution is -0.124. The number of fused-ring (bicyclic) bond motifs is 3. The standard InChI is InChI=1S/C20H18N4O4/c1-2-28-19(27)12-7-9-13(10-8-12)21-18(26)16-11-17(25)23-20-22-14-5-3-4-6-15(14)24(16)20/h3-10,16H,2,11H2,1H3,(H,21,26)(H,22,23,25)/t16-/m1/s1. The number of esters is 1. The van der Waals surface area contributed by atoms with Crippen molar-refractivity contribution in [3.05, 3.63) is 54.1 Å². The first-order valence-electron chi connectivity index (χ1n) is 8.91. The van der Waals surface area contributed by atoms with Crippen LogP contribution in [0, 0.1) is 0 Å². The van der Waals surface area contributed by atoms with Crippen molar-refractivity contribution in [3.63, 3.8) is 0 Å². The predicted octanol–water partition coefficient (Wildman–Crippen LogP) is 2.74. The molecule has 0 saturated carbocycles. The van der Waals surface area contributed by atoms with E-state index in [1.165, 1.54) is 0 Å². The first-order valence-corrected chi connectivity index (χ1v) is 8.91. The Morgan fingerprint density at radius 2 is 1.96 bits per heavy atom. The Kier molecular flexibility index (Phi) is 4.52. The third-order valence-corrected chi connectivity index (χ3v) is 4.50. The number of rotatable bonds is 4. The Labute approximate surface area is 160 Å². The summed E-state index contributed by atoms with van der Waals surface area (Å²) < 4.78 is 6.68. The number of benzene rings is 2. The van der Waals surface area contributed by atoms with Crippen LogP contribution in [0.4, 0.5) is 11.6 Å². The van der Waals surface area contributed by atoms with Crippen LogP contribution < -0.4 is 10.6 Å². The molecule has 2 amide bonds. The van der Waals surface area contributed by atoms with Crippen LogP contribution in [0.2, 0.25) is 0 Å². The first-order chi connectivity index (χ1) is 13.6. The van der Waals surface area contributed by atoms with Crippen molar-refractivity contribution in [1.82, 2.24) is 9.55 Å². The number of imidazole rings is 1. The topological polar surface area (TPSA) is 102 Å². The van der Waals surface area contributed by atoms with Crippen molar-refractivity contribution < 1.29 is 19.1 Å². The minimum absolute atomic E-state index is 0.0140. The highest BCUT2D eigenvalue weighted by Crippen LogP contribution is 2.31. The molecule has 4 rings (SSSR count). The monoisotopic (exact) mass is 378 g/mol. The van der Waals surface area contributed by atoms with Crippen molar-refractivity contribution in [2.24, 2.45) is 0 Å². The van der Waals surface area contributed by atoms with Crippen LogP contribution >= 0.6 is 0 Å². The van der Waals surface area contributed by atoms with Crippen molar-refractivity contribution in [1.29, 1.82) is 0 Å². The van der Waals surface area contributed by atoms with Gasteiger partial charge in [-0.25, -0.2) is 9.78 Å². The molecule has 0 spiro atoms. The maximum atomic E-state index is 12.9. The number of carbonyl (C=O) groups is 3. The summed E-state index contributed by atoms with van der Waals surface area (Å²) in [6.45, 7) is 2.03. The van der Waals surface area contributed by atoms with E-state index in [0.29, 0.717) is 29.3 Å². The normalized spacial score (nSPS) is 15.6. The molecule has 8 nitrogen and oxygen atoms in total. The zero-order chi connectivity index (χ0) is 19.7. The van der Waals surface area contributed by atoms with E-state index in [1.54, 1.807) is 35.8 Å². The molecule has 142 valence electrons. The van der Waals surface area contributed by atoms with Crippen molar-refractivity contribution in [2.45, 2.75) is 19.4 Å². The minimum atomic E-state index is -0.721. The highest BCUT2D eigenvalue weighted by atomic mass is 16.5. The number of nitrogens with zero attached hydrogens (tertiary/aromatic N) is 2. The zero-order valence-electron chi connectivity index (χ0n) is 15.1. The Bertz CT molecular complexity index is 1070. The van der Waals surface area contributed by atoms with E-state index in [4.69, 9.17) is 4.74 Å². The summed E-state index contributed by atoms with van der Waals surface area (Å²) in [5.41, 5.74) is 2.40. The van der Waals surface area contributed by atoms with Crippen molar-refractivity contribution >= 4 is 40.5 Å². The van der Waals surface area contributed by atoms with E-state index in [1.807, 2.05) is 24.3 Å². The molecule has 0 radical (unpaired) electrons. The number of para-hydroxylation sites is 2. The fourth-order valence-corrected chi connectivity index (χ4v) is 3.23. The molecule has 0 fully saturated rings. The summed E-state index contributed by atoms with van der Waals surface area (Å²) in [5.74, 6) is -0.655. The maximum absolute atomic E-state index is 12.9. The van der Waals surface area contributed by atoms with Crippen LogP contribution in [-0.4, -0.2) is 33.9 Å². The lowest BCUT2D eigenvalue weighted by Crippen LogP contribution is -2.35. The molecule has 2 aromatic carbocycles. The van der Waals surface area contributed by atoms with E-state index < -0.39 is 12.0 Å². The maximum Gasteiger partial charge on any atom is 0.338 e. The molecule has 2 heterocycles. The number of nitrogens with one attached hydrogen (secondary N) is 2. The summed E-state index contributed by atoms with van der Waals surface area (Å²) >= 11 is 0. The molecule has 0 bridgehead atoms. The lowest BCUT2D eigenvalue weighted by Gasteiger charge is -2.25. The fraction of sp³-hybridized carbons (Fsp3) is 0.200. The number of amides is 2. The van der Waals surface area contributed by atoms with Crippen LogP contribution in [0.5, 0.6) is 0 Å². The predicted molar refractivity (Wildman–Crippen MR) is 103 cm³/mol. The number of anilines is 2. The molecule has 0 unspecified atom stereocenters. The number of aromatic nitrogens is 2. The summed E-state index contributed by atoms with van der Waals surface area (Å²) in [6, 6.07) is 13.1. The highest BCUT2D eigenvalue weighted by molar-refractivity contribution is 6.03. The van der Waals surface area contributed by atoms with E-state index in [9.17, 15) is 14.4 Å². The van der Waals surface area contributed by atoms with Gasteiger partial charge in [-0.05, 0) is 43.3 Å². The average molecular weight is 378 g/mol. The Morgan fingerprint density at radius 3 is 2.71 bits per heavy atom. The third kappa shape index (κ3) is 3.20. The second-order valence-corrected chi connectivity index (χ2v) is 6.35. The molecule has 0 saturated heterocycles. The molecule has 28 heavy (non-hydrogen) atoms. The van der Waals surface area contributed by atoms with E-state index in [-0.39, 0.29) is 18.2 Å². The fourth-order valence-electron chi connectivity index (χ4n) is 3.23. The van der Waals surface area contributed by atoms with Gasteiger partial charge < -0.3 is 10.1 Å². The third-order valence-electron chi connectivity index (χ3n) is 4.50. The van der Waals surface area contributed by atoms with Crippen LogP contribution in [0.25, 0.3) is 11.0 Å². The number of carbonyl (C=O) groups excluding carboxylic acids is 3. The molecule has 1 aromatic heterocycles. The second-order valence-electron chi connectivity index (χ2n) is 6.35. The molecule has 0 aliphatic carbocycles. The quantitative estimate of drug-likeness (QED) is 0.680. The second kappa shape index (κ2) is 7.15. The Hall–Kier alpha value is -3.68. The largest absolute Gasteiger partial charge is 0.462 e. The van der Waals surface area contributed by atoms with Gasteiger partial charge in [-0.1, -0.05) is 12.1 Å². The van der Waals surface area contributed by atoms with Gasteiger partial charge in [0, 0.05) is 5.69 Å². The molecule has 2 N–H and O–H groups in total. The molecule has 1 aliphatic heterocycles. The number of hydrogen-bond acceptors (Lipinski definition) is 5. The first kappa shape index (κ1) is 17.7. The van der Waals surface area contributed by atoms with Gasteiger partial charge >= 0.3 is 5.97 Å². The van der Waals surface area contributed by atoms with Gasteiger partial charge in [-0.3, -0.25) is 19.5 Å². The Morgan fingerprint density at radius 1 is 1.21 bits per heavy atom. The summed E-state index contributed by atoms with van der Waals surface area (Å²) in [4.78, 5) is 41.1. The summed E-state index contributed by atoms with van der Waals surface area (Å²) in [5, 5.41) is 5.52. The Balaban J connectivity index is 1.59. The smallest absolute Gasteiger partial charge is 0.338 e. The number of hydrogen-bond donors (Lipinski definition) is 2. The molecule has 1 aliphatic rings.